The Bertz CT molecular complexity index is 313. The van der Waals surface area contributed by atoms with E-state index in [9.17, 15) is 0 Å². The number of hydrogen-bond donors (Lipinski definition) is 1. The summed E-state index contributed by atoms with van der Waals surface area (Å²) >= 11 is 1.71. The standard InChI is InChI=1S/C12H20N2S/c1-8-3-5-10(6-4-8)12(13)11-7-15-9(2)14-11/h7-8,10,12H,3-6,13H2,1-2H3. The van der Waals surface area contributed by atoms with Crippen molar-refractivity contribution >= 4 is 11.3 Å². The predicted octanol–water partition coefficient (Wildman–Crippen LogP) is 3.28. The van der Waals surface area contributed by atoms with E-state index >= 15 is 0 Å². The van der Waals surface area contributed by atoms with Gasteiger partial charge in [-0.2, -0.15) is 0 Å². The molecule has 1 aromatic rings. The fraction of sp³-hybridized carbons (Fsp3) is 0.750. The van der Waals surface area contributed by atoms with Gasteiger partial charge in [0.05, 0.1) is 16.7 Å². The molecule has 0 amide bonds. The van der Waals surface area contributed by atoms with Crippen molar-refractivity contribution in [2.45, 2.75) is 45.6 Å². The molecule has 1 aliphatic carbocycles. The largest absolute Gasteiger partial charge is 0.322 e. The Morgan fingerprint density at radius 2 is 2.07 bits per heavy atom. The van der Waals surface area contributed by atoms with Gasteiger partial charge in [0.1, 0.15) is 0 Å². The summed E-state index contributed by atoms with van der Waals surface area (Å²) in [7, 11) is 0. The topological polar surface area (TPSA) is 38.9 Å². The Hall–Kier alpha value is -0.410. The number of rotatable bonds is 2. The van der Waals surface area contributed by atoms with E-state index in [1.54, 1.807) is 11.3 Å². The molecule has 1 saturated carbocycles. The van der Waals surface area contributed by atoms with E-state index in [0.717, 1.165) is 16.6 Å². The van der Waals surface area contributed by atoms with Crippen LogP contribution in [0.5, 0.6) is 0 Å². The van der Waals surface area contributed by atoms with Gasteiger partial charge < -0.3 is 5.73 Å². The van der Waals surface area contributed by atoms with Crippen LogP contribution in [0.15, 0.2) is 5.38 Å². The fourth-order valence-electron chi connectivity index (χ4n) is 2.42. The monoisotopic (exact) mass is 224 g/mol. The summed E-state index contributed by atoms with van der Waals surface area (Å²) in [5.74, 6) is 1.55. The quantitative estimate of drug-likeness (QED) is 0.837. The van der Waals surface area contributed by atoms with Crippen molar-refractivity contribution in [3.8, 4) is 0 Å². The van der Waals surface area contributed by atoms with Gasteiger partial charge in [0.25, 0.3) is 0 Å². The summed E-state index contributed by atoms with van der Waals surface area (Å²) in [5.41, 5.74) is 7.38. The van der Waals surface area contributed by atoms with Gasteiger partial charge in [0.2, 0.25) is 0 Å². The third-order valence-corrected chi connectivity index (χ3v) is 4.34. The molecule has 3 heteroatoms. The Kier molecular flexibility index (Phi) is 3.42. The van der Waals surface area contributed by atoms with Crippen LogP contribution in [0.3, 0.4) is 0 Å². The third kappa shape index (κ3) is 2.58. The zero-order valence-corrected chi connectivity index (χ0v) is 10.4. The van der Waals surface area contributed by atoms with Crippen LogP contribution in [0.4, 0.5) is 0 Å². The van der Waals surface area contributed by atoms with Crippen LogP contribution in [-0.2, 0) is 0 Å². The normalized spacial score (nSPS) is 29.0. The van der Waals surface area contributed by atoms with Crippen LogP contribution in [-0.4, -0.2) is 4.98 Å². The molecule has 1 aliphatic rings. The minimum atomic E-state index is 0.169. The number of aryl methyl sites for hydroxylation is 1. The van der Waals surface area contributed by atoms with E-state index in [2.05, 4.69) is 17.3 Å². The highest BCUT2D eigenvalue weighted by Crippen LogP contribution is 2.35. The second-order valence-electron chi connectivity index (χ2n) is 4.84. The van der Waals surface area contributed by atoms with Crippen LogP contribution in [0.25, 0.3) is 0 Å². The summed E-state index contributed by atoms with van der Waals surface area (Å²) in [4.78, 5) is 4.50. The SMILES string of the molecule is Cc1nc(C(N)C2CCC(C)CC2)cs1. The molecule has 2 rings (SSSR count). The molecule has 1 heterocycles. The smallest absolute Gasteiger partial charge is 0.0898 e. The summed E-state index contributed by atoms with van der Waals surface area (Å²) in [6.07, 6.45) is 5.22. The molecule has 2 nitrogen and oxygen atoms in total. The first-order valence-electron chi connectivity index (χ1n) is 5.84. The Morgan fingerprint density at radius 3 is 2.60 bits per heavy atom. The first-order chi connectivity index (χ1) is 7.16. The predicted molar refractivity (Wildman–Crippen MR) is 64.9 cm³/mol. The molecule has 0 saturated heterocycles. The van der Waals surface area contributed by atoms with Gasteiger partial charge in [-0.15, -0.1) is 11.3 Å². The number of nitrogens with two attached hydrogens (primary N) is 1. The second kappa shape index (κ2) is 4.62. The third-order valence-electron chi connectivity index (χ3n) is 3.55. The van der Waals surface area contributed by atoms with Gasteiger partial charge in [-0.05, 0) is 31.6 Å². The molecule has 0 spiro atoms. The maximum Gasteiger partial charge on any atom is 0.0898 e. The Morgan fingerprint density at radius 1 is 1.40 bits per heavy atom. The minimum absolute atomic E-state index is 0.169. The van der Waals surface area contributed by atoms with Crippen molar-refractivity contribution in [3.63, 3.8) is 0 Å². The number of hydrogen-bond acceptors (Lipinski definition) is 3. The van der Waals surface area contributed by atoms with Crippen LogP contribution in [0.2, 0.25) is 0 Å². The van der Waals surface area contributed by atoms with Gasteiger partial charge in [-0.25, -0.2) is 4.98 Å². The maximum absolute atomic E-state index is 6.27. The Balaban J connectivity index is 1.99. The van der Waals surface area contributed by atoms with Gasteiger partial charge in [-0.3, -0.25) is 0 Å². The molecule has 0 radical (unpaired) electrons. The lowest BCUT2D eigenvalue weighted by molar-refractivity contribution is 0.254. The molecular formula is C12H20N2S. The molecule has 0 aliphatic heterocycles. The van der Waals surface area contributed by atoms with Crippen molar-refractivity contribution in [2.75, 3.05) is 0 Å². The van der Waals surface area contributed by atoms with Crippen molar-refractivity contribution in [2.24, 2.45) is 17.6 Å². The molecule has 84 valence electrons. The zero-order valence-electron chi connectivity index (χ0n) is 9.57. The van der Waals surface area contributed by atoms with Gasteiger partial charge >= 0.3 is 0 Å². The first-order valence-corrected chi connectivity index (χ1v) is 6.72. The van der Waals surface area contributed by atoms with E-state index in [0.29, 0.717) is 5.92 Å². The molecule has 1 aromatic heterocycles. The second-order valence-corrected chi connectivity index (χ2v) is 5.90. The van der Waals surface area contributed by atoms with Crippen LogP contribution in [0, 0.1) is 18.8 Å². The lowest BCUT2D eigenvalue weighted by Crippen LogP contribution is -2.25. The van der Waals surface area contributed by atoms with Crippen LogP contribution < -0.4 is 5.73 Å². The van der Waals surface area contributed by atoms with Crippen molar-refractivity contribution in [1.29, 1.82) is 0 Å². The van der Waals surface area contributed by atoms with E-state index in [1.807, 2.05) is 6.92 Å². The molecule has 0 bridgehead atoms. The fourth-order valence-corrected chi connectivity index (χ4v) is 3.08. The van der Waals surface area contributed by atoms with Crippen molar-refractivity contribution < 1.29 is 0 Å². The van der Waals surface area contributed by atoms with E-state index in [4.69, 9.17) is 5.73 Å². The number of thiazole rings is 1. The van der Waals surface area contributed by atoms with Crippen molar-refractivity contribution in [1.82, 2.24) is 4.98 Å². The number of aromatic nitrogens is 1. The van der Waals surface area contributed by atoms with Crippen LogP contribution >= 0.6 is 11.3 Å². The van der Waals surface area contributed by atoms with Crippen LogP contribution in [0.1, 0.15) is 49.4 Å². The summed E-state index contributed by atoms with van der Waals surface area (Å²) in [6.45, 7) is 4.39. The van der Waals surface area contributed by atoms with Gasteiger partial charge in [0.15, 0.2) is 0 Å². The summed E-state index contributed by atoms with van der Waals surface area (Å²) < 4.78 is 0. The lowest BCUT2D eigenvalue weighted by atomic mass is 9.79. The lowest BCUT2D eigenvalue weighted by Gasteiger charge is -2.29. The highest BCUT2D eigenvalue weighted by atomic mass is 32.1. The molecule has 1 atom stereocenters. The van der Waals surface area contributed by atoms with E-state index in [1.165, 1.54) is 25.7 Å². The van der Waals surface area contributed by atoms with Crippen molar-refractivity contribution in [3.05, 3.63) is 16.1 Å². The molecule has 15 heavy (non-hydrogen) atoms. The van der Waals surface area contributed by atoms with E-state index in [-0.39, 0.29) is 6.04 Å². The summed E-state index contributed by atoms with van der Waals surface area (Å²) in [5, 5.41) is 3.25. The minimum Gasteiger partial charge on any atom is -0.322 e. The first kappa shape index (κ1) is 11.1. The highest BCUT2D eigenvalue weighted by Gasteiger charge is 2.25. The highest BCUT2D eigenvalue weighted by molar-refractivity contribution is 7.09. The molecule has 1 fully saturated rings. The van der Waals surface area contributed by atoms with Gasteiger partial charge in [0, 0.05) is 5.38 Å². The molecule has 0 aromatic carbocycles. The molecular weight excluding hydrogens is 204 g/mol. The zero-order chi connectivity index (χ0) is 10.8. The number of nitrogens with zero attached hydrogens (tertiary/aromatic N) is 1. The maximum atomic E-state index is 6.27. The molecule has 2 N–H and O–H groups in total. The Labute approximate surface area is 95.9 Å². The average molecular weight is 224 g/mol. The van der Waals surface area contributed by atoms with E-state index < -0.39 is 0 Å². The molecule has 1 unspecified atom stereocenters. The van der Waals surface area contributed by atoms with Gasteiger partial charge in [-0.1, -0.05) is 19.8 Å². The average Bonchev–Trinajstić information content (AvgIpc) is 2.65. The summed E-state index contributed by atoms with van der Waals surface area (Å²) in [6, 6.07) is 0.169.